The monoisotopic (exact) mass is 458 g/mol. The van der Waals surface area contributed by atoms with Crippen LogP contribution in [-0.4, -0.2) is 21.8 Å². The van der Waals surface area contributed by atoms with Crippen molar-refractivity contribution in [3.63, 3.8) is 0 Å². The highest BCUT2D eigenvalue weighted by Gasteiger charge is 2.26. The van der Waals surface area contributed by atoms with Gasteiger partial charge in [-0.05, 0) is 48.9 Å². The second-order valence-electron chi connectivity index (χ2n) is 8.43. The topological polar surface area (TPSA) is 86.9 Å². The smallest absolute Gasteiger partial charge is 0.227 e. The van der Waals surface area contributed by atoms with Crippen molar-refractivity contribution in [2.24, 2.45) is 0 Å². The summed E-state index contributed by atoms with van der Waals surface area (Å²) in [4.78, 5) is 34.5. The highest BCUT2D eigenvalue weighted by atomic mass is 32.1. The molecular formula is C26H26N4O2S. The summed E-state index contributed by atoms with van der Waals surface area (Å²) < 4.78 is 0. The van der Waals surface area contributed by atoms with Gasteiger partial charge in [0.15, 0.2) is 0 Å². The van der Waals surface area contributed by atoms with Gasteiger partial charge in [-0.1, -0.05) is 42.5 Å². The first-order valence-electron chi connectivity index (χ1n) is 11.3. The van der Waals surface area contributed by atoms with E-state index in [1.54, 1.807) is 11.3 Å². The zero-order valence-electron chi connectivity index (χ0n) is 18.5. The Hall–Kier alpha value is -3.45. The Morgan fingerprint density at radius 1 is 1.06 bits per heavy atom. The molecule has 2 heterocycles. The molecule has 0 saturated carbocycles. The molecule has 1 atom stereocenters. The molecule has 7 heteroatoms. The van der Waals surface area contributed by atoms with Crippen LogP contribution in [0.3, 0.4) is 0 Å². The summed E-state index contributed by atoms with van der Waals surface area (Å²) >= 11 is 1.65. The lowest BCUT2D eigenvalue weighted by Gasteiger charge is -2.18. The molecule has 1 aliphatic rings. The third kappa shape index (κ3) is 4.54. The summed E-state index contributed by atoms with van der Waals surface area (Å²) in [6.45, 7) is 1.47. The predicted molar refractivity (Wildman–Crippen MR) is 132 cm³/mol. The second kappa shape index (κ2) is 9.19. The predicted octanol–water partition coefficient (Wildman–Crippen LogP) is 5.38. The standard InChI is InChI=1S/C26H26N4O2S/c1-16(31)27-21(17-9-3-2-4-10-17)15-23(32)30-26-24(18-11-5-8-14-22(18)33-26)25-28-19-12-6-7-13-20(19)29-25/h2-4,6-7,9-10,12-13,21H,5,8,11,14-15H2,1H3,(H,27,31)(H,28,29)(H,30,32). The molecule has 0 aliphatic heterocycles. The first-order chi connectivity index (χ1) is 16.1. The number of nitrogens with one attached hydrogen (secondary N) is 3. The number of benzene rings is 2. The molecule has 0 bridgehead atoms. The lowest BCUT2D eigenvalue weighted by molar-refractivity contribution is -0.120. The van der Waals surface area contributed by atoms with Crippen LogP contribution < -0.4 is 10.6 Å². The van der Waals surface area contributed by atoms with Crippen molar-refractivity contribution >= 4 is 39.2 Å². The zero-order valence-corrected chi connectivity index (χ0v) is 19.3. The number of carbonyl (C=O) groups excluding carboxylic acids is 2. The molecule has 0 saturated heterocycles. The first kappa shape index (κ1) is 21.4. The summed E-state index contributed by atoms with van der Waals surface area (Å²) in [5.74, 6) is 0.507. The maximum Gasteiger partial charge on any atom is 0.227 e. The molecule has 0 spiro atoms. The molecule has 0 fully saturated rings. The van der Waals surface area contributed by atoms with E-state index in [9.17, 15) is 9.59 Å². The highest BCUT2D eigenvalue weighted by molar-refractivity contribution is 7.17. The van der Waals surface area contributed by atoms with Gasteiger partial charge in [0, 0.05) is 11.8 Å². The summed E-state index contributed by atoms with van der Waals surface area (Å²) in [6, 6.07) is 17.2. The third-order valence-electron chi connectivity index (χ3n) is 6.02. The minimum atomic E-state index is -0.382. The van der Waals surface area contributed by atoms with Crippen molar-refractivity contribution in [3.8, 4) is 11.4 Å². The van der Waals surface area contributed by atoms with Crippen molar-refractivity contribution in [2.75, 3.05) is 5.32 Å². The Morgan fingerprint density at radius 3 is 2.61 bits per heavy atom. The number of rotatable bonds is 6. The van der Waals surface area contributed by atoms with Crippen LogP contribution in [0.4, 0.5) is 5.00 Å². The van der Waals surface area contributed by atoms with Gasteiger partial charge in [0.05, 0.1) is 29.1 Å². The molecule has 5 rings (SSSR count). The lowest BCUT2D eigenvalue weighted by Crippen LogP contribution is -2.29. The summed E-state index contributed by atoms with van der Waals surface area (Å²) in [7, 11) is 0. The number of thiophene rings is 1. The average molecular weight is 459 g/mol. The normalized spacial score (nSPS) is 14.0. The van der Waals surface area contributed by atoms with E-state index in [0.717, 1.165) is 52.2 Å². The number of anilines is 1. The van der Waals surface area contributed by atoms with Crippen LogP contribution in [-0.2, 0) is 22.4 Å². The van der Waals surface area contributed by atoms with Crippen molar-refractivity contribution < 1.29 is 9.59 Å². The Bertz CT molecular complexity index is 1280. The maximum absolute atomic E-state index is 13.2. The number of amides is 2. The number of H-pyrrole nitrogens is 1. The molecule has 4 aromatic rings. The van der Waals surface area contributed by atoms with E-state index in [0.29, 0.717) is 0 Å². The average Bonchev–Trinajstić information content (AvgIpc) is 3.39. The third-order valence-corrected chi connectivity index (χ3v) is 7.23. The number of aryl methyl sites for hydroxylation is 1. The van der Waals surface area contributed by atoms with Crippen LogP contribution in [0, 0.1) is 0 Å². The van der Waals surface area contributed by atoms with Crippen LogP contribution in [0.15, 0.2) is 54.6 Å². The van der Waals surface area contributed by atoms with Gasteiger partial charge < -0.3 is 15.6 Å². The molecule has 2 amide bonds. The highest BCUT2D eigenvalue weighted by Crippen LogP contribution is 2.43. The lowest BCUT2D eigenvalue weighted by atomic mass is 9.95. The Balaban J connectivity index is 1.46. The van der Waals surface area contributed by atoms with Crippen molar-refractivity contribution in [1.82, 2.24) is 15.3 Å². The number of hydrogen-bond donors (Lipinski definition) is 3. The molecule has 3 N–H and O–H groups in total. The zero-order chi connectivity index (χ0) is 22.8. The van der Waals surface area contributed by atoms with Crippen LogP contribution in [0.25, 0.3) is 22.4 Å². The van der Waals surface area contributed by atoms with Crippen LogP contribution >= 0.6 is 11.3 Å². The van der Waals surface area contributed by atoms with Gasteiger partial charge in [0.2, 0.25) is 11.8 Å². The summed E-state index contributed by atoms with van der Waals surface area (Å²) in [6.07, 6.45) is 4.49. The SMILES string of the molecule is CC(=O)NC(CC(=O)Nc1sc2c(c1-c1nc3ccccc3[nH]1)CCCC2)c1ccccc1. The van der Waals surface area contributed by atoms with Gasteiger partial charge in [-0.25, -0.2) is 4.98 Å². The molecule has 2 aromatic carbocycles. The van der Waals surface area contributed by atoms with Crippen LogP contribution in [0.1, 0.15) is 48.2 Å². The van der Waals surface area contributed by atoms with Crippen molar-refractivity contribution in [3.05, 3.63) is 70.6 Å². The Labute approximate surface area is 196 Å². The number of nitrogens with zero attached hydrogens (tertiary/aromatic N) is 1. The quantitative estimate of drug-likeness (QED) is 0.363. The maximum atomic E-state index is 13.2. The van der Waals surface area contributed by atoms with Gasteiger partial charge in [-0.15, -0.1) is 11.3 Å². The van der Waals surface area contributed by atoms with Crippen molar-refractivity contribution in [2.45, 2.75) is 45.1 Å². The number of aromatic nitrogens is 2. The number of carbonyl (C=O) groups is 2. The van der Waals surface area contributed by atoms with Gasteiger partial charge in [0.25, 0.3) is 0 Å². The number of imidazole rings is 1. The molecule has 2 aromatic heterocycles. The minimum absolute atomic E-state index is 0.131. The number of para-hydroxylation sites is 2. The van der Waals surface area contributed by atoms with Crippen LogP contribution in [0.5, 0.6) is 0 Å². The largest absolute Gasteiger partial charge is 0.349 e. The van der Waals surface area contributed by atoms with Crippen molar-refractivity contribution in [1.29, 1.82) is 0 Å². The minimum Gasteiger partial charge on any atom is -0.349 e. The van der Waals surface area contributed by atoms with E-state index >= 15 is 0 Å². The van der Waals surface area contributed by atoms with Gasteiger partial charge in [-0.3, -0.25) is 9.59 Å². The Kier molecular flexibility index (Phi) is 5.96. The fourth-order valence-electron chi connectivity index (χ4n) is 4.52. The molecule has 1 aliphatic carbocycles. The van der Waals surface area contributed by atoms with E-state index in [2.05, 4.69) is 15.6 Å². The van der Waals surface area contributed by atoms with E-state index in [-0.39, 0.29) is 24.3 Å². The molecule has 33 heavy (non-hydrogen) atoms. The number of aromatic amines is 1. The number of hydrogen-bond acceptors (Lipinski definition) is 4. The first-order valence-corrected chi connectivity index (χ1v) is 12.1. The molecule has 1 unspecified atom stereocenters. The summed E-state index contributed by atoms with van der Waals surface area (Å²) in [5.41, 5.74) is 5.11. The Morgan fingerprint density at radius 2 is 1.82 bits per heavy atom. The van der Waals surface area contributed by atoms with Gasteiger partial charge >= 0.3 is 0 Å². The molecular weight excluding hydrogens is 432 g/mol. The van der Waals surface area contributed by atoms with Crippen LogP contribution in [0.2, 0.25) is 0 Å². The fraction of sp³-hybridized carbons (Fsp3) is 0.269. The van der Waals surface area contributed by atoms with E-state index in [1.165, 1.54) is 23.8 Å². The fourth-order valence-corrected chi connectivity index (χ4v) is 5.83. The number of fused-ring (bicyclic) bond motifs is 2. The van der Waals surface area contributed by atoms with Gasteiger partial charge in [0.1, 0.15) is 10.8 Å². The second-order valence-corrected chi connectivity index (χ2v) is 9.54. The van der Waals surface area contributed by atoms with E-state index in [4.69, 9.17) is 4.98 Å². The molecule has 168 valence electrons. The summed E-state index contributed by atoms with van der Waals surface area (Å²) in [5, 5.41) is 6.90. The van der Waals surface area contributed by atoms with E-state index in [1.807, 2.05) is 54.6 Å². The van der Waals surface area contributed by atoms with E-state index < -0.39 is 0 Å². The van der Waals surface area contributed by atoms with Gasteiger partial charge in [-0.2, -0.15) is 0 Å². The molecule has 0 radical (unpaired) electrons. The molecule has 6 nitrogen and oxygen atoms in total.